The van der Waals surface area contributed by atoms with E-state index in [-0.39, 0.29) is 22.3 Å². The molecule has 0 N–H and O–H groups in total. The number of ether oxygens (including phenoxy) is 1. The second-order valence-electron chi connectivity index (χ2n) is 4.03. The number of carbonyl (C=O) groups excluding carboxylic acids is 1. The minimum absolute atomic E-state index is 0.00274. The molecule has 100 valence electrons. The van der Waals surface area contributed by atoms with E-state index < -0.39 is 5.82 Å². The van der Waals surface area contributed by atoms with Gasteiger partial charge in [-0.1, -0.05) is 17.7 Å². The van der Waals surface area contributed by atoms with E-state index in [1.54, 1.807) is 28.8 Å². The number of hydrogen-bond acceptors (Lipinski definition) is 3. The molecule has 4 nitrogen and oxygen atoms in total. The van der Waals surface area contributed by atoms with Crippen LogP contribution in [0.3, 0.4) is 0 Å². The summed E-state index contributed by atoms with van der Waals surface area (Å²) in [5, 5.41) is 0.00274. The highest BCUT2D eigenvalue weighted by atomic mass is 35.5. The number of halogens is 2. The molecule has 2 aromatic heterocycles. The van der Waals surface area contributed by atoms with Gasteiger partial charge in [-0.25, -0.2) is 4.39 Å². The monoisotopic (exact) mass is 290 g/mol. The van der Waals surface area contributed by atoms with Crippen molar-refractivity contribution in [3.8, 4) is 11.6 Å². The Hall–Kier alpha value is -2.40. The van der Waals surface area contributed by atoms with Crippen LogP contribution in [0, 0.1) is 5.82 Å². The summed E-state index contributed by atoms with van der Waals surface area (Å²) < 4.78 is 20.4. The normalized spacial score (nSPS) is 10.7. The fraction of sp³-hybridized carbons (Fsp3) is 0. The molecule has 0 saturated heterocycles. The summed E-state index contributed by atoms with van der Waals surface area (Å²) in [4.78, 5) is 15.4. The maximum Gasteiger partial charge on any atom is 0.249 e. The van der Waals surface area contributed by atoms with Crippen LogP contribution in [0.5, 0.6) is 11.6 Å². The highest BCUT2D eigenvalue weighted by Crippen LogP contribution is 2.27. The van der Waals surface area contributed by atoms with E-state index >= 15 is 0 Å². The summed E-state index contributed by atoms with van der Waals surface area (Å²) in [5.74, 6) is -0.257. The van der Waals surface area contributed by atoms with Crippen LogP contribution in [0.15, 0.2) is 42.6 Å². The first-order valence-corrected chi connectivity index (χ1v) is 6.12. The molecule has 0 fully saturated rings. The van der Waals surface area contributed by atoms with E-state index in [1.807, 2.05) is 0 Å². The van der Waals surface area contributed by atoms with Gasteiger partial charge in [-0.05, 0) is 24.3 Å². The average Bonchev–Trinajstić information content (AvgIpc) is 2.80. The molecule has 0 aliphatic heterocycles. The summed E-state index contributed by atoms with van der Waals surface area (Å²) in [7, 11) is 0. The first kappa shape index (κ1) is 12.6. The van der Waals surface area contributed by atoms with Gasteiger partial charge in [-0.2, -0.15) is 4.98 Å². The zero-order chi connectivity index (χ0) is 14.1. The number of pyridine rings is 1. The van der Waals surface area contributed by atoms with Gasteiger partial charge in [0.25, 0.3) is 0 Å². The Morgan fingerprint density at radius 1 is 1.30 bits per heavy atom. The maximum absolute atomic E-state index is 13.4. The second kappa shape index (κ2) is 4.94. The Labute approximate surface area is 118 Å². The number of fused-ring (bicyclic) bond motifs is 1. The van der Waals surface area contributed by atoms with Gasteiger partial charge in [0.15, 0.2) is 12.0 Å². The fourth-order valence-electron chi connectivity index (χ4n) is 1.83. The number of hydrogen-bond donors (Lipinski definition) is 0. The van der Waals surface area contributed by atoms with Crippen molar-refractivity contribution in [1.29, 1.82) is 0 Å². The van der Waals surface area contributed by atoms with E-state index in [9.17, 15) is 9.18 Å². The van der Waals surface area contributed by atoms with E-state index in [2.05, 4.69) is 4.98 Å². The molecule has 20 heavy (non-hydrogen) atoms. The Balaban J connectivity index is 2.05. The maximum atomic E-state index is 13.4. The van der Waals surface area contributed by atoms with Crippen molar-refractivity contribution in [1.82, 2.24) is 9.38 Å². The van der Waals surface area contributed by atoms with Gasteiger partial charge >= 0.3 is 0 Å². The van der Waals surface area contributed by atoms with Gasteiger partial charge in [0, 0.05) is 12.3 Å². The van der Waals surface area contributed by atoms with Gasteiger partial charge in [-0.15, -0.1) is 0 Å². The number of imidazole rings is 1. The quantitative estimate of drug-likeness (QED) is 0.690. The molecule has 2 heterocycles. The van der Waals surface area contributed by atoms with Crippen molar-refractivity contribution < 1.29 is 13.9 Å². The van der Waals surface area contributed by atoms with Crippen molar-refractivity contribution in [2.24, 2.45) is 0 Å². The minimum Gasteiger partial charge on any atom is -0.437 e. The van der Waals surface area contributed by atoms with Gasteiger partial charge in [0.1, 0.15) is 17.2 Å². The molecule has 3 rings (SSSR count). The highest BCUT2D eigenvalue weighted by Gasteiger charge is 2.14. The number of rotatable bonds is 3. The zero-order valence-electron chi connectivity index (χ0n) is 10.1. The lowest BCUT2D eigenvalue weighted by molar-refractivity contribution is 0.111. The van der Waals surface area contributed by atoms with E-state index in [4.69, 9.17) is 16.3 Å². The molecule has 6 heteroatoms. The number of carbonyl (C=O) groups is 1. The van der Waals surface area contributed by atoms with Crippen LogP contribution >= 0.6 is 11.6 Å². The Morgan fingerprint density at radius 2 is 2.15 bits per heavy atom. The molecule has 0 bridgehead atoms. The van der Waals surface area contributed by atoms with E-state index in [0.29, 0.717) is 11.9 Å². The summed E-state index contributed by atoms with van der Waals surface area (Å²) >= 11 is 5.60. The first-order valence-electron chi connectivity index (χ1n) is 5.74. The number of nitrogens with zero attached hydrogens (tertiary/aromatic N) is 2. The Kier molecular flexibility index (Phi) is 3.12. The summed E-state index contributed by atoms with van der Waals surface area (Å²) in [6.45, 7) is 0. The smallest absolute Gasteiger partial charge is 0.249 e. The molecule has 1 aromatic carbocycles. The Bertz CT molecular complexity index is 801. The van der Waals surface area contributed by atoms with E-state index in [1.165, 1.54) is 12.1 Å². The lowest BCUT2D eigenvalue weighted by atomic mass is 10.3. The third-order valence-corrected chi connectivity index (χ3v) is 3.06. The molecular formula is C14H8ClFN2O2. The molecule has 0 unspecified atom stereocenters. The number of aldehydes is 1. The molecule has 0 aliphatic rings. The predicted molar refractivity (Wildman–Crippen MR) is 72.1 cm³/mol. The summed E-state index contributed by atoms with van der Waals surface area (Å²) in [5.41, 5.74) is 0.829. The van der Waals surface area contributed by atoms with Crippen LogP contribution < -0.4 is 4.74 Å². The van der Waals surface area contributed by atoms with Crippen LogP contribution in [0.1, 0.15) is 10.5 Å². The summed E-state index contributed by atoms with van der Waals surface area (Å²) in [6.07, 6.45) is 2.34. The standard InChI is InChI=1S/C14H8ClFN2O2/c15-10-5-4-9(7-11(10)16)20-14-12(8-19)18-6-2-1-3-13(18)17-14/h1-8H. The molecule has 0 spiro atoms. The van der Waals surface area contributed by atoms with Crippen LogP contribution in [-0.4, -0.2) is 15.7 Å². The third-order valence-electron chi connectivity index (χ3n) is 2.75. The Morgan fingerprint density at radius 3 is 2.90 bits per heavy atom. The largest absolute Gasteiger partial charge is 0.437 e. The fourth-order valence-corrected chi connectivity index (χ4v) is 1.95. The minimum atomic E-state index is -0.597. The van der Waals surface area contributed by atoms with Crippen molar-refractivity contribution in [3.05, 3.63) is 59.1 Å². The first-order chi connectivity index (χ1) is 9.69. The van der Waals surface area contributed by atoms with E-state index in [0.717, 1.165) is 6.07 Å². The van der Waals surface area contributed by atoms with Crippen molar-refractivity contribution >= 4 is 23.5 Å². The van der Waals surface area contributed by atoms with Gasteiger partial charge in [0.2, 0.25) is 5.88 Å². The molecule has 0 aliphatic carbocycles. The average molecular weight is 291 g/mol. The second-order valence-corrected chi connectivity index (χ2v) is 4.43. The number of benzene rings is 1. The molecular weight excluding hydrogens is 283 g/mol. The van der Waals surface area contributed by atoms with Crippen molar-refractivity contribution in [3.63, 3.8) is 0 Å². The molecule has 3 aromatic rings. The molecule has 0 amide bonds. The SMILES string of the molecule is O=Cc1c(Oc2ccc(Cl)c(F)c2)nc2ccccn12. The number of aromatic nitrogens is 2. The molecule has 0 atom stereocenters. The third kappa shape index (κ3) is 2.12. The van der Waals surface area contributed by atoms with Gasteiger partial charge < -0.3 is 4.74 Å². The molecule has 0 radical (unpaired) electrons. The summed E-state index contributed by atoms with van der Waals surface area (Å²) in [6, 6.07) is 9.33. The predicted octanol–water partition coefficient (Wildman–Crippen LogP) is 3.73. The van der Waals surface area contributed by atoms with Crippen molar-refractivity contribution in [2.75, 3.05) is 0 Å². The zero-order valence-corrected chi connectivity index (χ0v) is 10.8. The van der Waals surface area contributed by atoms with Gasteiger partial charge in [-0.3, -0.25) is 9.20 Å². The van der Waals surface area contributed by atoms with Crippen LogP contribution in [0.2, 0.25) is 5.02 Å². The van der Waals surface area contributed by atoms with Crippen LogP contribution in [0.25, 0.3) is 5.65 Å². The van der Waals surface area contributed by atoms with Crippen molar-refractivity contribution in [2.45, 2.75) is 0 Å². The highest BCUT2D eigenvalue weighted by molar-refractivity contribution is 6.30. The molecule has 0 saturated carbocycles. The van der Waals surface area contributed by atoms with Crippen LogP contribution in [-0.2, 0) is 0 Å². The van der Waals surface area contributed by atoms with Gasteiger partial charge in [0.05, 0.1) is 5.02 Å². The lowest BCUT2D eigenvalue weighted by Crippen LogP contribution is -1.93. The van der Waals surface area contributed by atoms with Crippen LogP contribution in [0.4, 0.5) is 4.39 Å². The lowest BCUT2D eigenvalue weighted by Gasteiger charge is -2.03. The topological polar surface area (TPSA) is 43.6 Å².